The number of fused-ring (bicyclic) bond motifs is 3. The summed E-state index contributed by atoms with van der Waals surface area (Å²) in [6.07, 6.45) is -3.99. The lowest BCUT2D eigenvalue weighted by Gasteiger charge is -2.47. The molecule has 5 atom stereocenters. The lowest BCUT2D eigenvalue weighted by Crippen LogP contribution is -2.58. The van der Waals surface area contributed by atoms with Crippen molar-refractivity contribution in [2.24, 2.45) is 5.92 Å². The van der Waals surface area contributed by atoms with Gasteiger partial charge in [0.1, 0.15) is 18.8 Å². The molecule has 2 aliphatic rings. The van der Waals surface area contributed by atoms with Crippen LogP contribution in [-0.4, -0.2) is 57.0 Å². The van der Waals surface area contributed by atoms with Crippen LogP contribution >= 0.6 is 0 Å². The van der Waals surface area contributed by atoms with Crippen LogP contribution in [0.4, 0.5) is 0 Å². The summed E-state index contributed by atoms with van der Waals surface area (Å²) in [4.78, 5) is 35.4. The first-order chi connectivity index (χ1) is 15.2. The van der Waals surface area contributed by atoms with E-state index in [1.165, 1.54) is 20.8 Å². The Bertz CT molecular complexity index is 1050. The fraction of sp³-hybridized carbons (Fsp3) is 0.609. The molecule has 1 fully saturated rings. The summed E-state index contributed by atoms with van der Waals surface area (Å²) in [6, 6.07) is 5.15. The van der Waals surface area contributed by atoms with Crippen LogP contribution in [0.2, 0.25) is 0 Å². The van der Waals surface area contributed by atoms with E-state index in [-0.39, 0.29) is 22.7 Å². The number of esters is 3. The number of benzene rings is 1. The highest BCUT2D eigenvalue weighted by atomic mass is 32.2. The van der Waals surface area contributed by atoms with Crippen LogP contribution in [-0.2, 0) is 48.6 Å². The second-order valence-electron chi connectivity index (χ2n) is 9.49. The molecule has 0 saturated carbocycles. The molecular weight excluding hydrogens is 452 g/mol. The fourth-order valence-corrected chi connectivity index (χ4v) is 6.22. The first kappa shape index (κ1) is 25.2. The number of sulfone groups is 1. The van der Waals surface area contributed by atoms with E-state index < -0.39 is 58.1 Å². The van der Waals surface area contributed by atoms with Crippen molar-refractivity contribution in [1.82, 2.24) is 0 Å². The number of carbonyl (C=O) groups is 3. The van der Waals surface area contributed by atoms with Crippen LogP contribution in [0, 0.1) is 5.92 Å². The van der Waals surface area contributed by atoms with Gasteiger partial charge in [-0.25, -0.2) is 8.42 Å². The zero-order valence-corrected chi connectivity index (χ0v) is 20.4. The predicted octanol–water partition coefficient (Wildman–Crippen LogP) is 2.25. The highest BCUT2D eigenvalue weighted by Gasteiger charge is 2.54. The summed E-state index contributed by atoms with van der Waals surface area (Å²) in [7, 11) is -3.74. The van der Waals surface area contributed by atoms with Crippen molar-refractivity contribution >= 4 is 27.7 Å². The van der Waals surface area contributed by atoms with Crippen LogP contribution < -0.4 is 0 Å². The topological polar surface area (TPSA) is 122 Å². The third-order valence-corrected chi connectivity index (χ3v) is 7.67. The number of ether oxygens (including phenoxy) is 4. The van der Waals surface area contributed by atoms with Gasteiger partial charge in [-0.2, -0.15) is 0 Å². The summed E-state index contributed by atoms with van der Waals surface area (Å²) >= 11 is 0. The van der Waals surface area contributed by atoms with Crippen molar-refractivity contribution in [3.05, 3.63) is 29.3 Å². The summed E-state index contributed by atoms with van der Waals surface area (Å²) in [5, 5.41) is 0. The second kappa shape index (κ2) is 9.06. The van der Waals surface area contributed by atoms with Crippen molar-refractivity contribution < 1.29 is 41.7 Å². The fourth-order valence-electron chi connectivity index (χ4n) is 4.36. The van der Waals surface area contributed by atoms with E-state index in [1.807, 2.05) is 20.8 Å². The molecule has 33 heavy (non-hydrogen) atoms. The van der Waals surface area contributed by atoms with E-state index >= 15 is 0 Å². The highest BCUT2D eigenvalue weighted by molar-refractivity contribution is 7.91. The zero-order valence-electron chi connectivity index (χ0n) is 19.6. The van der Waals surface area contributed by atoms with Gasteiger partial charge in [0, 0.05) is 32.3 Å². The van der Waals surface area contributed by atoms with Gasteiger partial charge in [-0.3, -0.25) is 14.4 Å². The maximum absolute atomic E-state index is 13.2. The van der Waals surface area contributed by atoms with Crippen molar-refractivity contribution in [2.75, 3.05) is 12.4 Å². The van der Waals surface area contributed by atoms with Gasteiger partial charge in [0.25, 0.3) is 0 Å². The second-order valence-corrected chi connectivity index (χ2v) is 11.5. The molecule has 1 saturated heterocycles. The van der Waals surface area contributed by atoms with Gasteiger partial charge >= 0.3 is 17.9 Å². The molecule has 2 heterocycles. The molecule has 0 N–H and O–H groups in total. The highest BCUT2D eigenvalue weighted by Crippen LogP contribution is 2.47. The first-order valence-corrected chi connectivity index (χ1v) is 12.4. The van der Waals surface area contributed by atoms with Gasteiger partial charge in [-0.15, -0.1) is 0 Å². The maximum atomic E-state index is 13.2. The van der Waals surface area contributed by atoms with E-state index in [0.717, 1.165) is 5.56 Å². The smallest absolute Gasteiger partial charge is 0.303 e. The molecule has 0 amide bonds. The lowest BCUT2D eigenvalue weighted by molar-refractivity contribution is -0.233. The summed E-state index contributed by atoms with van der Waals surface area (Å²) in [6.45, 7) is 9.37. The lowest BCUT2D eigenvalue weighted by atomic mass is 9.81. The molecule has 0 aliphatic carbocycles. The number of carbonyl (C=O) groups excluding carboxylic acids is 3. The van der Waals surface area contributed by atoms with E-state index in [0.29, 0.717) is 5.56 Å². The van der Waals surface area contributed by atoms with Crippen molar-refractivity contribution in [3.63, 3.8) is 0 Å². The molecular formula is C23H30O9S. The Labute approximate surface area is 193 Å². The molecule has 0 unspecified atom stereocenters. The SMILES string of the molecule is CC(=O)OC[C@H]1O[C@@H]2c3cc(C(C)(C)C)ccc3S(=O)(=O)C[C@@H]2[C@@H](OC(C)=O)[C@@H]1OC(C)=O. The number of hydrogen-bond acceptors (Lipinski definition) is 9. The Balaban J connectivity index is 2.15. The third kappa shape index (κ3) is 5.38. The average Bonchev–Trinajstić information content (AvgIpc) is 2.67. The molecule has 10 heteroatoms. The summed E-state index contributed by atoms with van der Waals surface area (Å²) < 4.78 is 48.6. The van der Waals surface area contributed by atoms with Gasteiger partial charge in [0.05, 0.1) is 16.8 Å². The molecule has 0 bridgehead atoms. The van der Waals surface area contributed by atoms with Crippen LogP contribution in [0.25, 0.3) is 0 Å². The monoisotopic (exact) mass is 482 g/mol. The average molecular weight is 483 g/mol. The summed E-state index contributed by atoms with van der Waals surface area (Å²) in [5.41, 5.74) is 1.10. The molecule has 9 nitrogen and oxygen atoms in total. The van der Waals surface area contributed by atoms with Gasteiger partial charge in [0.15, 0.2) is 15.9 Å². The standard InChI is InChI=1S/C23H30O9S/c1-12(24)29-10-18-22(31-14(3)26)21(30-13(2)25)17-11-33(27,28)19-8-7-15(23(4,5)6)9-16(19)20(17)32-18/h7-9,17-18,20-22H,10-11H2,1-6H3/t17-,18+,20+,21+,22+/m0/s1. The molecule has 2 aliphatic heterocycles. The van der Waals surface area contributed by atoms with Crippen LogP contribution in [0.5, 0.6) is 0 Å². The van der Waals surface area contributed by atoms with Crippen LogP contribution in [0.15, 0.2) is 23.1 Å². The van der Waals surface area contributed by atoms with E-state index in [4.69, 9.17) is 18.9 Å². The molecule has 0 radical (unpaired) electrons. The van der Waals surface area contributed by atoms with Crippen molar-refractivity contribution in [3.8, 4) is 0 Å². The normalized spacial score (nSPS) is 28.1. The van der Waals surface area contributed by atoms with Gasteiger partial charge in [0.2, 0.25) is 0 Å². The van der Waals surface area contributed by atoms with E-state index in [1.54, 1.807) is 18.2 Å². The number of hydrogen-bond donors (Lipinski definition) is 0. The predicted molar refractivity (Wildman–Crippen MR) is 116 cm³/mol. The molecule has 1 aromatic rings. The summed E-state index contributed by atoms with van der Waals surface area (Å²) in [5.74, 6) is -3.06. The quantitative estimate of drug-likeness (QED) is 0.470. The van der Waals surface area contributed by atoms with Gasteiger partial charge < -0.3 is 18.9 Å². The zero-order chi connectivity index (χ0) is 24.7. The van der Waals surface area contributed by atoms with Crippen LogP contribution in [0.3, 0.4) is 0 Å². The number of rotatable bonds is 4. The molecule has 0 aromatic heterocycles. The van der Waals surface area contributed by atoms with Crippen molar-refractivity contribution in [2.45, 2.75) is 76.3 Å². The molecule has 0 spiro atoms. The van der Waals surface area contributed by atoms with Gasteiger partial charge in [-0.1, -0.05) is 32.9 Å². The van der Waals surface area contributed by atoms with Crippen LogP contribution in [0.1, 0.15) is 58.8 Å². The minimum absolute atomic E-state index is 0.149. The van der Waals surface area contributed by atoms with E-state index in [9.17, 15) is 22.8 Å². The van der Waals surface area contributed by atoms with Gasteiger partial charge in [-0.05, 0) is 17.0 Å². The Morgan fingerprint density at radius 1 is 1.00 bits per heavy atom. The van der Waals surface area contributed by atoms with Crippen molar-refractivity contribution in [1.29, 1.82) is 0 Å². The maximum Gasteiger partial charge on any atom is 0.303 e. The largest absolute Gasteiger partial charge is 0.463 e. The Kier molecular flexibility index (Phi) is 6.91. The Morgan fingerprint density at radius 2 is 1.61 bits per heavy atom. The molecule has 3 rings (SSSR count). The minimum atomic E-state index is -3.74. The van der Waals surface area contributed by atoms with E-state index in [2.05, 4.69) is 0 Å². The molecule has 182 valence electrons. The minimum Gasteiger partial charge on any atom is -0.463 e. The Morgan fingerprint density at radius 3 is 2.15 bits per heavy atom. The third-order valence-electron chi connectivity index (χ3n) is 5.81. The Hall–Kier alpha value is -2.46. The first-order valence-electron chi connectivity index (χ1n) is 10.7. The molecule has 1 aromatic carbocycles.